The second kappa shape index (κ2) is 25.2. The number of hydrogen-bond donors (Lipinski definition) is 6. The van der Waals surface area contributed by atoms with Crippen molar-refractivity contribution < 1.29 is 63.2 Å². The molecule has 1 fully saturated rings. The highest BCUT2D eigenvalue weighted by molar-refractivity contribution is 5.81. The summed E-state index contributed by atoms with van der Waals surface area (Å²) in [6.07, 6.45) is 1.88. The lowest BCUT2D eigenvalue weighted by Crippen LogP contribution is -2.65. The van der Waals surface area contributed by atoms with Gasteiger partial charge in [-0.2, -0.15) is 0 Å². The zero-order chi connectivity index (χ0) is 37.6. The SMILES string of the molecule is C#CCCCCCc1cn(COCCOCCOCCNC(=O)C2OC(OC)C(O)C(O)C2OC(OCCO)C(NC(C)=O)[C@H](C)C(C)O)nn1. The molecule has 8 unspecified atom stereocenters. The van der Waals surface area contributed by atoms with Gasteiger partial charge in [0.25, 0.3) is 5.91 Å². The van der Waals surface area contributed by atoms with E-state index in [1.165, 1.54) is 21.0 Å². The Kier molecular flexibility index (Phi) is 21.9. The highest BCUT2D eigenvalue weighted by atomic mass is 16.7. The first-order chi connectivity index (χ1) is 24.5. The minimum Gasteiger partial charge on any atom is -0.394 e. The van der Waals surface area contributed by atoms with E-state index in [1.807, 2.05) is 6.20 Å². The average Bonchev–Trinajstić information content (AvgIpc) is 3.56. The van der Waals surface area contributed by atoms with Gasteiger partial charge in [0, 0.05) is 32.9 Å². The summed E-state index contributed by atoms with van der Waals surface area (Å²) in [5.41, 5.74) is 0.909. The monoisotopic (exact) mass is 731 g/mol. The number of methoxy groups -OCH3 is 1. The van der Waals surface area contributed by atoms with Gasteiger partial charge in [-0.15, -0.1) is 17.4 Å². The molecule has 2 heterocycles. The van der Waals surface area contributed by atoms with Gasteiger partial charge < -0.3 is 64.2 Å². The molecule has 1 aliphatic rings. The second-order valence-electron chi connectivity index (χ2n) is 12.1. The summed E-state index contributed by atoms with van der Waals surface area (Å²) in [6, 6.07) is -0.975. The maximum atomic E-state index is 13.3. The number of terminal acetylenes is 1. The number of aryl methyl sites for hydroxylation is 1. The number of carbonyl (C=O) groups excluding carboxylic acids is 2. The summed E-state index contributed by atoms with van der Waals surface area (Å²) in [4.78, 5) is 25.3. The van der Waals surface area contributed by atoms with E-state index >= 15 is 0 Å². The molecule has 18 heteroatoms. The van der Waals surface area contributed by atoms with Gasteiger partial charge in [-0.3, -0.25) is 9.59 Å². The van der Waals surface area contributed by atoms with Crippen molar-refractivity contribution in [2.24, 2.45) is 5.92 Å². The molecule has 1 aromatic rings. The fraction of sp³-hybridized carbons (Fsp3) is 0.818. The minimum atomic E-state index is -1.69. The Morgan fingerprint density at radius 1 is 1.06 bits per heavy atom. The lowest BCUT2D eigenvalue weighted by molar-refractivity contribution is -0.316. The normalized spacial score (nSPS) is 22.8. The van der Waals surface area contributed by atoms with Crippen LogP contribution in [-0.2, 0) is 55.9 Å². The van der Waals surface area contributed by atoms with E-state index in [1.54, 1.807) is 11.6 Å². The fourth-order valence-corrected chi connectivity index (χ4v) is 5.10. The number of rotatable bonds is 27. The number of nitrogens with one attached hydrogen (secondary N) is 2. The largest absolute Gasteiger partial charge is 0.394 e. The molecular formula is C33H57N5O13. The predicted octanol–water partition coefficient (Wildman–Crippen LogP) is -1.53. The number of ether oxygens (including phenoxy) is 7. The highest BCUT2D eigenvalue weighted by Crippen LogP contribution is 2.28. The van der Waals surface area contributed by atoms with Crippen LogP contribution < -0.4 is 10.6 Å². The Morgan fingerprint density at radius 2 is 1.76 bits per heavy atom. The van der Waals surface area contributed by atoms with Gasteiger partial charge in [0.05, 0.1) is 70.3 Å². The van der Waals surface area contributed by atoms with E-state index in [0.29, 0.717) is 19.8 Å². The van der Waals surface area contributed by atoms with Crippen LogP contribution in [0.2, 0.25) is 0 Å². The van der Waals surface area contributed by atoms with E-state index in [0.717, 1.165) is 37.8 Å². The molecule has 0 aromatic carbocycles. The van der Waals surface area contributed by atoms with Crippen molar-refractivity contribution >= 4 is 11.8 Å². The van der Waals surface area contributed by atoms with Gasteiger partial charge in [-0.05, 0) is 26.2 Å². The first-order valence-corrected chi connectivity index (χ1v) is 17.2. The zero-order valence-corrected chi connectivity index (χ0v) is 30.1. The van der Waals surface area contributed by atoms with Crippen molar-refractivity contribution in [2.75, 3.05) is 59.9 Å². The number of carbonyl (C=O) groups is 2. The Labute approximate surface area is 299 Å². The van der Waals surface area contributed by atoms with E-state index in [-0.39, 0.29) is 33.1 Å². The topological polar surface area (TPSA) is 234 Å². The Hall–Kier alpha value is -2.80. The van der Waals surface area contributed by atoms with Gasteiger partial charge in [-0.1, -0.05) is 18.6 Å². The second-order valence-corrected chi connectivity index (χ2v) is 12.1. The van der Waals surface area contributed by atoms with Gasteiger partial charge in [-0.25, -0.2) is 4.68 Å². The highest BCUT2D eigenvalue weighted by Gasteiger charge is 2.50. The molecule has 18 nitrogen and oxygen atoms in total. The molecular weight excluding hydrogens is 674 g/mol. The quantitative estimate of drug-likeness (QED) is 0.0342. The summed E-state index contributed by atoms with van der Waals surface area (Å²) in [5, 5.41) is 54.7. The van der Waals surface area contributed by atoms with Crippen LogP contribution in [-0.4, -0.2) is 156 Å². The minimum absolute atomic E-state index is 0.0631. The molecule has 1 aromatic heterocycles. The summed E-state index contributed by atoms with van der Waals surface area (Å²) in [6.45, 7) is 5.45. The molecule has 9 atom stereocenters. The molecule has 0 bridgehead atoms. The van der Waals surface area contributed by atoms with Crippen molar-refractivity contribution in [1.82, 2.24) is 25.6 Å². The van der Waals surface area contributed by atoms with Gasteiger partial charge in [0.15, 0.2) is 18.7 Å². The molecule has 292 valence electrons. The van der Waals surface area contributed by atoms with Crippen LogP contribution in [0.25, 0.3) is 0 Å². The molecule has 2 rings (SSSR count). The summed E-state index contributed by atoms with van der Waals surface area (Å²) in [7, 11) is 1.24. The fourth-order valence-electron chi connectivity index (χ4n) is 5.10. The van der Waals surface area contributed by atoms with E-state index < -0.39 is 73.5 Å². The lowest BCUT2D eigenvalue weighted by atomic mass is 9.94. The predicted molar refractivity (Wildman–Crippen MR) is 179 cm³/mol. The number of unbranched alkanes of at least 4 members (excludes halogenated alkanes) is 3. The summed E-state index contributed by atoms with van der Waals surface area (Å²) in [5.74, 6) is 0.845. The smallest absolute Gasteiger partial charge is 0.252 e. The maximum Gasteiger partial charge on any atom is 0.252 e. The molecule has 2 amide bonds. The molecule has 6 N–H and O–H groups in total. The third-order valence-electron chi connectivity index (χ3n) is 8.04. The summed E-state index contributed by atoms with van der Waals surface area (Å²) >= 11 is 0. The van der Waals surface area contributed by atoms with Crippen LogP contribution in [0.3, 0.4) is 0 Å². The Bertz CT molecular complexity index is 1150. The Balaban J connectivity index is 1.78. The maximum absolute atomic E-state index is 13.3. The first kappa shape index (κ1) is 44.4. The number of amides is 2. The van der Waals surface area contributed by atoms with E-state index in [9.17, 15) is 30.0 Å². The van der Waals surface area contributed by atoms with Crippen molar-refractivity contribution in [2.45, 2.75) is 109 Å². The van der Waals surface area contributed by atoms with Crippen LogP contribution >= 0.6 is 0 Å². The third kappa shape index (κ3) is 16.2. The van der Waals surface area contributed by atoms with Crippen molar-refractivity contribution in [3.05, 3.63) is 11.9 Å². The van der Waals surface area contributed by atoms with Crippen LogP contribution in [0, 0.1) is 18.3 Å². The average molecular weight is 732 g/mol. The first-order valence-electron chi connectivity index (χ1n) is 17.2. The van der Waals surface area contributed by atoms with Gasteiger partial charge in [0.2, 0.25) is 5.91 Å². The van der Waals surface area contributed by atoms with Gasteiger partial charge >= 0.3 is 0 Å². The zero-order valence-electron chi connectivity index (χ0n) is 30.1. The van der Waals surface area contributed by atoms with Crippen molar-refractivity contribution in [3.8, 4) is 12.3 Å². The number of aromatic nitrogens is 3. The van der Waals surface area contributed by atoms with E-state index in [4.69, 9.17) is 39.6 Å². The summed E-state index contributed by atoms with van der Waals surface area (Å²) < 4.78 is 40.7. The molecule has 0 radical (unpaired) electrons. The van der Waals surface area contributed by atoms with Crippen LogP contribution in [0.1, 0.15) is 52.1 Å². The third-order valence-corrected chi connectivity index (χ3v) is 8.04. The molecule has 0 aliphatic carbocycles. The van der Waals surface area contributed by atoms with E-state index in [2.05, 4.69) is 26.9 Å². The number of aliphatic hydroxyl groups excluding tert-OH is 4. The molecule has 1 saturated heterocycles. The number of nitrogens with zero attached hydrogens (tertiary/aromatic N) is 3. The molecule has 51 heavy (non-hydrogen) atoms. The van der Waals surface area contributed by atoms with Crippen LogP contribution in [0.5, 0.6) is 0 Å². The number of hydrogen-bond acceptors (Lipinski definition) is 15. The van der Waals surface area contributed by atoms with Crippen molar-refractivity contribution in [1.29, 1.82) is 0 Å². The lowest BCUT2D eigenvalue weighted by Gasteiger charge is -2.43. The Morgan fingerprint density at radius 3 is 2.41 bits per heavy atom. The molecule has 0 saturated carbocycles. The van der Waals surface area contributed by atoms with Gasteiger partial charge in [0.1, 0.15) is 25.0 Å². The number of aliphatic hydroxyl groups is 4. The van der Waals surface area contributed by atoms with Crippen molar-refractivity contribution in [3.63, 3.8) is 0 Å². The van der Waals surface area contributed by atoms with Crippen LogP contribution in [0.15, 0.2) is 6.20 Å². The van der Waals surface area contributed by atoms with Crippen LogP contribution in [0.4, 0.5) is 0 Å². The standard InChI is InChI=1S/C33H57N5O13/c1-6-7-8-9-10-11-25-20-38(37-36-25)21-48-19-18-47-17-16-46-14-12-34-31(44)30-29(27(42)28(43)33(45-5)51-30)50-32(49-15-13-39)26(35-24(4)41)22(2)23(3)40/h1,20,22-23,26-30,32-33,39-40,42-43H,7-19,21H2,2-5H3,(H,34,44)(H,35,41)/t22-,23?,26?,27?,28?,29?,30?,32?,33?/m1/s1. The molecule has 0 spiro atoms. The molecule has 1 aliphatic heterocycles.